The Morgan fingerprint density at radius 3 is 2.00 bits per heavy atom. The predicted molar refractivity (Wildman–Crippen MR) is 139 cm³/mol. The van der Waals surface area contributed by atoms with Crippen molar-refractivity contribution in [2.45, 2.75) is 51.2 Å². The minimum absolute atomic E-state index is 0.515. The van der Waals surface area contributed by atoms with Crippen LogP contribution < -0.4 is 9.47 Å². The lowest BCUT2D eigenvalue weighted by molar-refractivity contribution is 0.269. The van der Waals surface area contributed by atoms with Gasteiger partial charge in [0.2, 0.25) is 0 Å². The van der Waals surface area contributed by atoms with Crippen LogP contribution in [0.1, 0.15) is 54.7 Å². The van der Waals surface area contributed by atoms with E-state index in [-0.39, 0.29) is 0 Å². The van der Waals surface area contributed by atoms with E-state index in [0.29, 0.717) is 25.0 Å². The summed E-state index contributed by atoms with van der Waals surface area (Å²) in [5.74, 6) is 2.96. The predicted octanol–water partition coefficient (Wildman–Crippen LogP) is 8.50. The van der Waals surface area contributed by atoms with Crippen molar-refractivity contribution in [2.75, 3.05) is 0 Å². The highest BCUT2D eigenvalue weighted by molar-refractivity contribution is 5.43. The summed E-state index contributed by atoms with van der Waals surface area (Å²) in [5, 5.41) is 0. The minimum atomic E-state index is 0.515. The van der Waals surface area contributed by atoms with E-state index in [1.807, 2.05) is 24.3 Å². The highest BCUT2D eigenvalue weighted by atomic mass is 16.5. The van der Waals surface area contributed by atoms with Gasteiger partial charge in [0.05, 0.1) is 0 Å². The van der Waals surface area contributed by atoms with Crippen LogP contribution in [0.15, 0.2) is 105 Å². The van der Waals surface area contributed by atoms with E-state index in [4.69, 9.17) is 9.47 Å². The normalized spacial score (nSPS) is 17.3. The lowest BCUT2D eigenvalue weighted by atomic mass is 9.74. The highest BCUT2D eigenvalue weighted by Crippen LogP contribution is 2.44. The third-order valence-corrected chi connectivity index (χ3v) is 6.25. The van der Waals surface area contributed by atoms with E-state index < -0.39 is 0 Å². The van der Waals surface area contributed by atoms with Crippen molar-refractivity contribution in [2.24, 2.45) is 5.92 Å². The molecule has 3 aromatic carbocycles. The van der Waals surface area contributed by atoms with Gasteiger partial charge in [-0.2, -0.15) is 0 Å². The van der Waals surface area contributed by atoms with Gasteiger partial charge in [0.25, 0.3) is 0 Å². The molecule has 33 heavy (non-hydrogen) atoms. The van der Waals surface area contributed by atoms with E-state index in [9.17, 15) is 0 Å². The van der Waals surface area contributed by atoms with Gasteiger partial charge < -0.3 is 9.47 Å². The number of rotatable bonds is 9. The summed E-state index contributed by atoms with van der Waals surface area (Å²) in [5.41, 5.74) is 3.65. The van der Waals surface area contributed by atoms with Crippen molar-refractivity contribution in [1.29, 1.82) is 0 Å². The van der Waals surface area contributed by atoms with E-state index in [1.54, 1.807) is 0 Å². The maximum Gasteiger partial charge on any atom is 0.126 e. The maximum atomic E-state index is 6.39. The quantitative estimate of drug-likeness (QED) is 0.311. The Labute approximate surface area is 199 Å². The van der Waals surface area contributed by atoms with E-state index >= 15 is 0 Å². The van der Waals surface area contributed by atoms with Gasteiger partial charge in [-0.25, -0.2) is 0 Å². The fourth-order valence-corrected chi connectivity index (χ4v) is 4.63. The van der Waals surface area contributed by atoms with E-state index in [0.717, 1.165) is 23.5 Å². The zero-order valence-electron chi connectivity index (χ0n) is 19.6. The molecule has 0 radical (unpaired) electrons. The number of hydrogen-bond acceptors (Lipinski definition) is 2. The van der Waals surface area contributed by atoms with Crippen molar-refractivity contribution in [1.82, 2.24) is 0 Å². The lowest BCUT2D eigenvalue weighted by Gasteiger charge is -2.32. The fourth-order valence-electron chi connectivity index (χ4n) is 4.63. The Balaban J connectivity index is 0.00000149. The first-order valence-electron chi connectivity index (χ1n) is 11.9. The van der Waals surface area contributed by atoms with Gasteiger partial charge >= 0.3 is 0 Å². The largest absolute Gasteiger partial charge is 0.489 e. The molecule has 0 amide bonds. The van der Waals surface area contributed by atoms with Gasteiger partial charge in [-0.3, -0.25) is 0 Å². The van der Waals surface area contributed by atoms with Gasteiger partial charge in [-0.1, -0.05) is 85.6 Å². The summed E-state index contributed by atoms with van der Waals surface area (Å²) in [6.07, 6.45) is 8.21. The molecule has 0 heterocycles. The molecule has 172 valence electrons. The Hall–Kier alpha value is -3.26. The van der Waals surface area contributed by atoms with Crippen LogP contribution in [-0.4, -0.2) is 0 Å². The van der Waals surface area contributed by atoms with Crippen molar-refractivity contribution < 1.29 is 9.47 Å². The molecule has 0 saturated heterocycles. The van der Waals surface area contributed by atoms with Crippen LogP contribution in [0.5, 0.6) is 11.5 Å². The second-order valence-electron chi connectivity index (χ2n) is 8.42. The molecular weight excluding hydrogens is 404 g/mol. The van der Waals surface area contributed by atoms with Gasteiger partial charge in [0, 0.05) is 6.07 Å². The number of hydrogen-bond donors (Lipinski definition) is 0. The summed E-state index contributed by atoms with van der Waals surface area (Å²) >= 11 is 0. The molecule has 2 nitrogen and oxygen atoms in total. The first-order chi connectivity index (χ1) is 16.3. The van der Waals surface area contributed by atoms with Crippen LogP contribution in [-0.2, 0) is 13.2 Å². The van der Waals surface area contributed by atoms with Gasteiger partial charge in [0.1, 0.15) is 24.7 Å². The molecule has 3 aromatic rings. The van der Waals surface area contributed by atoms with Gasteiger partial charge in [-0.05, 0) is 53.9 Å². The number of allylic oxidation sites excluding steroid dienone is 1. The molecule has 1 aliphatic carbocycles. The van der Waals surface area contributed by atoms with E-state index in [2.05, 4.69) is 80.4 Å². The molecule has 1 fully saturated rings. The van der Waals surface area contributed by atoms with E-state index in [1.165, 1.54) is 36.8 Å². The monoisotopic (exact) mass is 440 g/mol. The Kier molecular flexibility index (Phi) is 9.85. The first kappa shape index (κ1) is 24.4. The van der Waals surface area contributed by atoms with Crippen molar-refractivity contribution in [3.63, 3.8) is 0 Å². The molecular formula is C31H36O2. The second-order valence-corrected chi connectivity index (χ2v) is 8.42. The van der Waals surface area contributed by atoms with Crippen molar-refractivity contribution in [3.05, 3.63) is 121 Å². The molecule has 0 unspecified atom stereocenters. The first-order valence-corrected chi connectivity index (χ1v) is 11.9. The number of benzene rings is 3. The molecule has 1 saturated carbocycles. The Bertz CT molecular complexity index is 965. The maximum absolute atomic E-state index is 6.39. The standard InChI is InChI=1S/C29H32O2.C2H4/c1-2-11-25-16-9-10-17-27(25)28-19-18-26(30-21-23-12-5-3-6-13-23)20-29(28)31-22-24-14-7-4-8-15-24;1-2/h2-8,12-15,18-20,25,27H,1,9-11,16-17,21-22H2;1-2H2/t25-,27-;/m0./s1. The molecule has 4 rings (SSSR count). The Morgan fingerprint density at radius 1 is 0.758 bits per heavy atom. The lowest BCUT2D eigenvalue weighted by Crippen LogP contribution is -2.18. The zero-order valence-corrected chi connectivity index (χ0v) is 19.6. The highest BCUT2D eigenvalue weighted by Gasteiger charge is 2.28. The molecule has 2 atom stereocenters. The third-order valence-electron chi connectivity index (χ3n) is 6.25. The van der Waals surface area contributed by atoms with Crippen LogP contribution in [0.3, 0.4) is 0 Å². The van der Waals surface area contributed by atoms with Crippen LogP contribution >= 0.6 is 0 Å². The van der Waals surface area contributed by atoms with Gasteiger partial charge in [0.15, 0.2) is 0 Å². The molecule has 0 spiro atoms. The topological polar surface area (TPSA) is 18.5 Å². The molecule has 2 heteroatoms. The second kappa shape index (κ2) is 13.3. The molecule has 1 aliphatic rings. The summed E-state index contributed by atoms with van der Waals surface area (Å²) < 4.78 is 12.5. The average Bonchev–Trinajstić information content (AvgIpc) is 2.89. The summed E-state index contributed by atoms with van der Waals surface area (Å²) in [6, 6.07) is 27.1. The van der Waals surface area contributed by atoms with Crippen LogP contribution in [0.2, 0.25) is 0 Å². The fraction of sp³-hybridized carbons (Fsp3) is 0.290. The smallest absolute Gasteiger partial charge is 0.126 e. The molecule has 0 aromatic heterocycles. The summed E-state index contributed by atoms with van der Waals surface area (Å²) in [7, 11) is 0. The molecule has 0 bridgehead atoms. The SMILES string of the molecule is C=C.C=CC[C@H]1CCCC[C@@H]1c1ccc(OCc2ccccc2)cc1OCc1ccccc1. The minimum Gasteiger partial charge on any atom is -0.489 e. The molecule has 0 N–H and O–H groups in total. The van der Waals surface area contributed by atoms with Crippen LogP contribution in [0.25, 0.3) is 0 Å². The zero-order chi connectivity index (χ0) is 23.3. The number of ether oxygens (including phenoxy) is 2. The van der Waals surface area contributed by atoms with Crippen LogP contribution in [0.4, 0.5) is 0 Å². The van der Waals surface area contributed by atoms with Gasteiger partial charge in [-0.15, -0.1) is 19.7 Å². The van der Waals surface area contributed by atoms with Crippen molar-refractivity contribution >= 4 is 0 Å². The average molecular weight is 441 g/mol. The third kappa shape index (κ3) is 7.12. The van der Waals surface area contributed by atoms with Crippen molar-refractivity contribution in [3.8, 4) is 11.5 Å². The van der Waals surface area contributed by atoms with Crippen LogP contribution in [0, 0.1) is 5.92 Å². The summed E-state index contributed by atoms with van der Waals surface area (Å²) in [4.78, 5) is 0. The Morgan fingerprint density at radius 2 is 1.36 bits per heavy atom. The summed E-state index contributed by atoms with van der Waals surface area (Å²) in [6.45, 7) is 11.1. The molecule has 0 aliphatic heterocycles.